The molecule has 0 N–H and O–H groups in total. The van der Waals surface area contributed by atoms with E-state index in [1.54, 1.807) is 6.07 Å². The lowest BCUT2D eigenvalue weighted by Gasteiger charge is -2.30. The number of morpholine rings is 1. The number of hydrogen-bond acceptors (Lipinski definition) is 5. The molecule has 188 valence electrons. The first kappa shape index (κ1) is 23.6. The largest absolute Gasteiger partial charge is 0.378 e. The van der Waals surface area contributed by atoms with Gasteiger partial charge in [0.05, 0.1) is 23.8 Å². The molecular weight excluding hydrogens is 473 g/mol. The highest BCUT2D eigenvalue weighted by Crippen LogP contribution is 2.52. The predicted octanol–water partition coefficient (Wildman–Crippen LogP) is 5.06. The average molecular weight is 506 g/mol. The third kappa shape index (κ3) is 4.80. The molecule has 3 aromatic rings. The zero-order valence-electron chi connectivity index (χ0n) is 20.6. The first-order chi connectivity index (χ1) is 17.6. The molecule has 3 aliphatic rings. The number of amides is 1. The Morgan fingerprint density at radius 1 is 1.08 bits per heavy atom. The Bertz CT molecular complexity index is 1220. The summed E-state index contributed by atoms with van der Waals surface area (Å²) in [5.74, 6) is 1.35. The SMILES string of the molecule is Cc1cccc(CN2CC3C(C2)C3CN(C(=O)c2cccs2)c2ccc(N3CCOCC3)c(F)c2)c1. The fraction of sp³-hybridized carbons (Fsp3) is 0.414. The van der Waals surface area contributed by atoms with E-state index in [-0.39, 0.29) is 11.7 Å². The second-order valence-corrected chi connectivity index (χ2v) is 11.3. The molecule has 0 spiro atoms. The molecule has 6 rings (SSSR count). The van der Waals surface area contributed by atoms with Crippen molar-refractivity contribution in [2.45, 2.75) is 13.5 Å². The van der Waals surface area contributed by atoms with Gasteiger partial charge in [-0.1, -0.05) is 35.9 Å². The van der Waals surface area contributed by atoms with E-state index in [0.29, 0.717) is 66.9 Å². The van der Waals surface area contributed by atoms with Crippen LogP contribution in [0.2, 0.25) is 0 Å². The van der Waals surface area contributed by atoms with Gasteiger partial charge in [-0.25, -0.2) is 4.39 Å². The minimum atomic E-state index is -0.279. The van der Waals surface area contributed by atoms with Gasteiger partial charge in [-0.2, -0.15) is 0 Å². The Morgan fingerprint density at radius 2 is 1.89 bits per heavy atom. The minimum Gasteiger partial charge on any atom is -0.378 e. The lowest BCUT2D eigenvalue weighted by Crippen LogP contribution is -2.37. The van der Waals surface area contributed by atoms with Gasteiger partial charge in [0.2, 0.25) is 0 Å². The Hall–Kier alpha value is -2.74. The van der Waals surface area contributed by atoms with E-state index in [2.05, 4.69) is 36.1 Å². The zero-order chi connectivity index (χ0) is 24.6. The van der Waals surface area contributed by atoms with Gasteiger partial charge in [0.1, 0.15) is 5.82 Å². The van der Waals surface area contributed by atoms with Crippen LogP contribution in [0.1, 0.15) is 20.8 Å². The third-order valence-corrected chi connectivity index (χ3v) is 8.76. The lowest BCUT2D eigenvalue weighted by atomic mass is 10.1. The number of benzene rings is 2. The minimum absolute atomic E-state index is 0.0369. The number of ether oxygens (including phenoxy) is 1. The van der Waals surface area contributed by atoms with Crippen molar-refractivity contribution in [3.8, 4) is 0 Å². The topological polar surface area (TPSA) is 36.0 Å². The molecule has 2 aliphatic heterocycles. The maximum absolute atomic E-state index is 15.2. The molecule has 2 saturated heterocycles. The standard InChI is InChI=1S/C29H32FN3O2S/c1-20-4-2-5-21(14-20)16-31-17-23-24(18-31)25(23)19-33(29(34)28-6-3-13-36-28)22-7-8-27(26(30)15-22)32-9-11-35-12-10-32/h2-8,13-15,23-25H,9-12,16-19H2,1H3. The second kappa shape index (κ2) is 9.96. The Balaban J connectivity index is 1.16. The van der Waals surface area contributed by atoms with Gasteiger partial charge < -0.3 is 14.5 Å². The maximum Gasteiger partial charge on any atom is 0.268 e. The van der Waals surface area contributed by atoms with Gasteiger partial charge in [0.15, 0.2) is 0 Å². The summed E-state index contributed by atoms with van der Waals surface area (Å²) >= 11 is 1.44. The summed E-state index contributed by atoms with van der Waals surface area (Å²) in [7, 11) is 0. The summed E-state index contributed by atoms with van der Waals surface area (Å²) in [6.45, 7) is 8.45. The summed E-state index contributed by atoms with van der Waals surface area (Å²) in [5, 5.41) is 1.92. The van der Waals surface area contributed by atoms with Crippen LogP contribution in [0.4, 0.5) is 15.8 Å². The van der Waals surface area contributed by atoms with E-state index in [1.807, 2.05) is 39.4 Å². The quantitative estimate of drug-likeness (QED) is 0.450. The number of rotatable bonds is 7. The molecule has 1 amide bonds. The first-order valence-electron chi connectivity index (χ1n) is 12.8. The number of hydrogen-bond donors (Lipinski definition) is 0. The van der Waals surface area contributed by atoms with Crippen molar-refractivity contribution < 1.29 is 13.9 Å². The van der Waals surface area contributed by atoms with E-state index in [0.717, 1.165) is 19.6 Å². The first-order valence-corrected chi connectivity index (χ1v) is 13.7. The van der Waals surface area contributed by atoms with E-state index in [1.165, 1.54) is 22.5 Å². The van der Waals surface area contributed by atoms with Crippen molar-refractivity contribution in [3.63, 3.8) is 0 Å². The van der Waals surface area contributed by atoms with Gasteiger partial charge in [-0.15, -0.1) is 11.3 Å². The molecule has 5 nitrogen and oxygen atoms in total. The van der Waals surface area contributed by atoms with Crippen molar-refractivity contribution >= 4 is 28.6 Å². The fourth-order valence-electron chi connectivity index (χ4n) is 5.98. The summed E-state index contributed by atoms with van der Waals surface area (Å²) in [6, 6.07) is 17.7. The van der Waals surface area contributed by atoms with Gasteiger partial charge in [0, 0.05) is 45.0 Å². The van der Waals surface area contributed by atoms with Crippen molar-refractivity contribution in [2.75, 3.05) is 55.7 Å². The molecule has 36 heavy (non-hydrogen) atoms. The van der Waals surface area contributed by atoms with Crippen LogP contribution in [-0.2, 0) is 11.3 Å². The molecule has 1 aromatic heterocycles. The monoisotopic (exact) mass is 505 g/mol. The smallest absolute Gasteiger partial charge is 0.268 e. The van der Waals surface area contributed by atoms with Crippen LogP contribution in [0, 0.1) is 30.5 Å². The van der Waals surface area contributed by atoms with Gasteiger partial charge in [0.25, 0.3) is 5.91 Å². The number of nitrogens with zero attached hydrogens (tertiary/aromatic N) is 3. The number of thiophene rings is 1. The highest BCUT2D eigenvalue weighted by Gasteiger charge is 2.56. The van der Waals surface area contributed by atoms with Crippen LogP contribution in [0.25, 0.3) is 0 Å². The molecule has 2 atom stereocenters. The Morgan fingerprint density at radius 3 is 2.58 bits per heavy atom. The molecule has 7 heteroatoms. The van der Waals surface area contributed by atoms with Crippen molar-refractivity contribution in [2.24, 2.45) is 17.8 Å². The highest BCUT2D eigenvalue weighted by atomic mass is 32.1. The van der Waals surface area contributed by atoms with E-state index < -0.39 is 0 Å². The fourth-order valence-corrected chi connectivity index (χ4v) is 6.65. The molecule has 3 fully saturated rings. The van der Waals surface area contributed by atoms with Crippen LogP contribution in [-0.4, -0.2) is 56.7 Å². The van der Waals surface area contributed by atoms with E-state index in [4.69, 9.17) is 4.74 Å². The van der Waals surface area contributed by atoms with Crippen LogP contribution in [0.5, 0.6) is 0 Å². The Kier molecular flexibility index (Phi) is 6.54. The van der Waals surface area contributed by atoms with E-state index in [9.17, 15) is 4.79 Å². The molecule has 0 radical (unpaired) electrons. The predicted molar refractivity (Wildman–Crippen MR) is 142 cm³/mol. The zero-order valence-corrected chi connectivity index (χ0v) is 21.4. The molecule has 3 heterocycles. The van der Waals surface area contributed by atoms with Gasteiger partial charge in [-0.05, 0) is 59.9 Å². The van der Waals surface area contributed by atoms with Crippen LogP contribution >= 0.6 is 11.3 Å². The van der Waals surface area contributed by atoms with Crippen LogP contribution in [0.3, 0.4) is 0 Å². The number of piperidine rings is 1. The second-order valence-electron chi connectivity index (χ2n) is 10.3. The number of halogens is 1. The molecular formula is C29H32FN3O2S. The van der Waals surface area contributed by atoms with E-state index >= 15 is 4.39 Å². The molecule has 2 aromatic carbocycles. The number of anilines is 2. The maximum atomic E-state index is 15.2. The number of carbonyl (C=O) groups is 1. The highest BCUT2D eigenvalue weighted by molar-refractivity contribution is 7.12. The summed E-state index contributed by atoms with van der Waals surface area (Å²) in [4.78, 5) is 20.6. The normalized spacial score (nSPS) is 23.5. The summed E-state index contributed by atoms with van der Waals surface area (Å²) < 4.78 is 20.7. The summed E-state index contributed by atoms with van der Waals surface area (Å²) in [6.07, 6.45) is 0. The lowest BCUT2D eigenvalue weighted by molar-refractivity contribution is 0.0988. The van der Waals surface area contributed by atoms with Crippen LogP contribution in [0.15, 0.2) is 60.0 Å². The number of carbonyl (C=O) groups excluding carboxylic acids is 1. The Labute approximate surface area is 216 Å². The third-order valence-electron chi connectivity index (χ3n) is 7.90. The van der Waals surface area contributed by atoms with Crippen molar-refractivity contribution in [1.29, 1.82) is 0 Å². The average Bonchev–Trinajstić information content (AvgIpc) is 3.27. The number of aryl methyl sites for hydroxylation is 1. The summed E-state index contributed by atoms with van der Waals surface area (Å²) in [5.41, 5.74) is 3.88. The van der Waals surface area contributed by atoms with Crippen molar-refractivity contribution in [1.82, 2.24) is 4.90 Å². The van der Waals surface area contributed by atoms with Crippen LogP contribution < -0.4 is 9.80 Å². The number of likely N-dealkylation sites (tertiary alicyclic amines) is 1. The van der Waals surface area contributed by atoms with Gasteiger partial charge >= 0.3 is 0 Å². The molecule has 1 saturated carbocycles. The van der Waals surface area contributed by atoms with Gasteiger partial charge in [-0.3, -0.25) is 9.69 Å². The molecule has 0 bridgehead atoms. The van der Waals surface area contributed by atoms with Crippen molar-refractivity contribution in [3.05, 3.63) is 81.8 Å². The number of fused-ring (bicyclic) bond motifs is 1. The molecule has 2 unspecified atom stereocenters. The molecule has 1 aliphatic carbocycles.